The summed E-state index contributed by atoms with van der Waals surface area (Å²) in [6.07, 6.45) is 5.03. The Bertz CT molecular complexity index is 261. The first kappa shape index (κ1) is 8.87. The van der Waals surface area contributed by atoms with Crippen LogP contribution >= 0.6 is 0 Å². The number of Topliss-reactive ketones (excluding diaryl/α,β-unsaturated/α-hetero) is 1. The van der Waals surface area contributed by atoms with Gasteiger partial charge >= 0.3 is 0 Å². The topological polar surface area (TPSA) is 43.4 Å². The van der Waals surface area contributed by atoms with Gasteiger partial charge in [0.15, 0.2) is 0 Å². The van der Waals surface area contributed by atoms with E-state index in [2.05, 4.69) is 0 Å². The van der Waals surface area contributed by atoms with E-state index >= 15 is 0 Å². The fourth-order valence-electron chi connectivity index (χ4n) is 0.970. The maximum absolute atomic E-state index is 11.1. The van der Waals surface area contributed by atoms with E-state index < -0.39 is 11.6 Å². The van der Waals surface area contributed by atoms with Gasteiger partial charge < -0.3 is 4.74 Å². The van der Waals surface area contributed by atoms with Crippen LogP contribution in [-0.2, 0) is 14.3 Å². The fraction of sp³-hybridized carbons (Fsp3) is 0.333. The molecule has 0 unspecified atom stereocenters. The summed E-state index contributed by atoms with van der Waals surface area (Å²) < 4.78 is 4.80. The molecule has 1 rings (SSSR count). The van der Waals surface area contributed by atoms with Crippen molar-refractivity contribution in [1.29, 1.82) is 0 Å². The molecule has 1 aliphatic rings. The van der Waals surface area contributed by atoms with Crippen LogP contribution in [0.1, 0.15) is 6.42 Å². The zero-order chi connectivity index (χ0) is 8.97. The van der Waals surface area contributed by atoms with Gasteiger partial charge in [-0.2, -0.15) is 0 Å². The number of hydrogen-bond acceptors (Lipinski definition) is 3. The molecule has 0 N–H and O–H groups in total. The molecule has 64 valence electrons. The van der Waals surface area contributed by atoms with Crippen molar-refractivity contribution in [2.24, 2.45) is 0 Å². The molecule has 0 radical (unpaired) electrons. The van der Waals surface area contributed by atoms with E-state index in [0.29, 0.717) is 18.6 Å². The third-order valence-corrected chi connectivity index (χ3v) is 1.64. The first-order valence-corrected chi connectivity index (χ1v) is 3.70. The van der Waals surface area contributed by atoms with Gasteiger partial charge in [0.2, 0.25) is 11.6 Å². The van der Waals surface area contributed by atoms with Gasteiger partial charge in [-0.3, -0.25) is 9.59 Å². The highest BCUT2D eigenvalue weighted by Crippen LogP contribution is 2.09. The minimum absolute atomic E-state index is 0.408. The number of ketones is 2. The Balaban J connectivity index is 2.63. The zero-order valence-electron chi connectivity index (χ0n) is 6.87. The smallest absolute Gasteiger partial charge is 0.228 e. The van der Waals surface area contributed by atoms with Crippen molar-refractivity contribution in [3.05, 3.63) is 23.8 Å². The Hall–Kier alpha value is -1.22. The monoisotopic (exact) mass is 166 g/mol. The van der Waals surface area contributed by atoms with Gasteiger partial charge in [-0.15, -0.1) is 0 Å². The summed E-state index contributed by atoms with van der Waals surface area (Å²) in [5.41, 5.74) is 0.532. The van der Waals surface area contributed by atoms with Crippen LogP contribution in [-0.4, -0.2) is 25.3 Å². The number of carbonyl (C=O) groups is 2. The summed E-state index contributed by atoms with van der Waals surface area (Å²) in [6.45, 7) is 0.471. The molecule has 3 nitrogen and oxygen atoms in total. The van der Waals surface area contributed by atoms with Crippen molar-refractivity contribution in [2.75, 3.05) is 13.7 Å². The minimum Gasteiger partial charge on any atom is -0.384 e. The first-order chi connectivity index (χ1) is 5.75. The molecule has 0 spiro atoms. The van der Waals surface area contributed by atoms with Crippen LogP contribution in [0.5, 0.6) is 0 Å². The number of allylic oxidation sites excluding steroid dienone is 3. The summed E-state index contributed by atoms with van der Waals surface area (Å²) in [7, 11) is 1.56. The zero-order valence-corrected chi connectivity index (χ0v) is 6.87. The van der Waals surface area contributed by atoms with Crippen molar-refractivity contribution in [1.82, 2.24) is 0 Å². The predicted octanol–water partition coefficient (Wildman–Crippen LogP) is 0.657. The van der Waals surface area contributed by atoms with Gasteiger partial charge in [-0.25, -0.2) is 0 Å². The Labute approximate surface area is 70.7 Å². The van der Waals surface area contributed by atoms with Crippen LogP contribution in [0.2, 0.25) is 0 Å². The van der Waals surface area contributed by atoms with Gasteiger partial charge in [-0.05, 0) is 12.5 Å². The minimum atomic E-state index is -0.441. The quantitative estimate of drug-likeness (QED) is 0.457. The van der Waals surface area contributed by atoms with Crippen molar-refractivity contribution in [3.8, 4) is 0 Å². The maximum Gasteiger partial charge on any atom is 0.228 e. The molecular weight excluding hydrogens is 156 g/mol. The lowest BCUT2D eigenvalue weighted by Gasteiger charge is -2.05. The second-order valence-corrected chi connectivity index (χ2v) is 2.49. The predicted molar refractivity (Wildman–Crippen MR) is 43.7 cm³/mol. The molecule has 0 amide bonds. The van der Waals surface area contributed by atoms with Crippen LogP contribution in [0.15, 0.2) is 23.8 Å². The number of ether oxygens (including phenoxy) is 1. The van der Waals surface area contributed by atoms with E-state index in [1.807, 2.05) is 0 Å². The highest BCUT2D eigenvalue weighted by atomic mass is 16.5. The molecule has 0 fully saturated rings. The molecule has 0 saturated carbocycles. The Kier molecular flexibility index (Phi) is 2.94. The summed E-state index contributed by atoms with van der Waals surface area (Å²) >= 11 is 0. The average Bonchev–Trinajstić information content (AvgIpc) is 2.08. The molecule has 12 heavy (non-hydrogen) atoms. The molecule has 0 heterocycles. The third kappa shape index (κ3) is 1.89. The summed E-state index contributed by atoms with van der Waals surface area (Å²) in [4.78, 5) is 22.0. The Morgan fingerprint density at radius 3 is 2.83 bits per heavy atom. The van der Waals surface area contributed by atoms with Crippen LogP contribution in [0, 0.1) is 0 Å². The molecule has 0 aliphatic heterocycles. The van der Waals surface area contributed by atoms with Gasteiger partial charge in [0.1, 0.15) is 0 Å². The third-order valence-electron chi connectivity index (χ3n) is 1.64. The first-order valence-electron chi connectivity index (χ1n) is 3.70. The van der Waals surface area contributed by atoms with Gasteiger partial charge in [0.25, 0.3) is 0 Å². The van der Waals surface area contributed by atoms with E-state index in [-0.39, 0.29) is 0 Å². The largest absolute Gasteiger partial charge is 0.384 e. The SMILES string of the molecule is COCCC1=CC=CC(=O)C1=O. The normalized spacial score (nSPS) is 16.6. The highest BCUT2D eigenvalue weighted by Gasteiger charge is 2.17. The number of hydrogen-bond donors (Lipinski definition) is 0. The lowest BCUT2D eigenvalue weighted by Crippen LogP contribution is -2.17. The lowest BCUT2D eigenvalue weighted by atomic mass is 10.0. The molecule has 0 aromatic heterocycles. The standard InChI is InChI=1S/C9H10O3/c1-12-6-5-7-3-2-4-8(10)9(7)11/h2-4H,5-6H2,1H3. The van der Waals surface area contributed by atoms with Gasteiger partial charge in [-0.1, -0.05) is 12.2 Å². The molecule has 0 bridgehead atoms. The van der Waals surface area contributed by atoms with Crippen LogP contribution in [0.3, 0.4) is 0 Å². The fourth-order valence-corrected chi connectivity index (χ4v) is 0.970. The van der Waals surface area contributed by atoms with Crippen molar-refractivity contribution in [3.63, 3.8) is 0 Å². The Morgan fingerprint density at radius 2 is 2.17 bits per heavy atom. The van der Waals surface area contributed by atoms with Crippen molar-refractivity contribution >= 4 is 11.6 Å². The van der Waals surface area contributed by atoms with E-state index in [9.17, 15) is 9.59 Å². The molecule has 0 aromatic rings. The van der Waals surface area contributed by atoms with E-state index in [0.717, 1.165) is 0 Å². The summed E-state index contributed by atoms with van der Waals surface area (Å²) in [5, 5.41) is 0. The maximum atomic E-state index is 11.1. The number of methoxy groups -OCH3 is 1. The second kappa shape index (κ2) is 3.97. The van der Waals surface area contributed by atoms with Gasteiger partial charge in [0.05, 0.1) is 6.61 Å². The van der Waals surface area contributed by atoms with E-state index in [1.54, 1.807) is 19.3 Å². The molecule has 0 atom stereocenters. The highest BCUT2D eigenvalue weighted by molar-refractivity contribution is 6.48. The molecule has 1 aliphatic carbocycles. The lowest BCUT2D eigenvalue weighted by molar-refractivity contribution is -0.131. The van der Waals surface area contributed by atoms with Crippen molar-refractivity contribution < 1.29 is 14.3 Å². The van der Waals surface area contributed by atoms with Crippen LogP contribution in [0.4, 0.5) is 0 Å². The number of rotatable bonds is 3. The summed E-state index contributed by atoms with van der Waals surface area (Å²) in [5.74, 6) is -0.849. The van der Waals surface area contributed by atoms with E-state index in [4.69, 9.17) is 4.74 Å². The van der Waals surface area contributed by atoms with Crippen LogP contribution < -0.4 is 0 Å². The molecular formula is C9H10O3. The average molecular weight is 166 g/mol. The second-order valence-electron chi connectivity index (χ2n) is 2.49. The van der Waals surface area contributed by atoms with E-state index in [1.165, 1.54) is 6.08 Å². The van der Waals surface area contributed by atoms with Gasteiger partial charge in [0, 0.05) is 12.7 Å². The molecule has 0 aromatic carbocycles. The molecule has 3 heteroatoms. The Morgan fingerprint density at radius 1 is 1.42 bits per heavy atom. The molecule has 0 saturated heterocycles. The number of carbonyl (C=O) groups excluding carboxylic acids is 2. The summed E-state index contributed by atoms with van der Waals surface area (Å²) in [6, 6.07) is 0. The van der Waals surface area contributed by atoms with Crippen molar-refractivity contribution in [2.45, 2.75) is 6.42 Å². The van der Waals surface area contributed by atoms with Crippen LogP contribution in [0.25, 0.3) is 0 Å².